The number of hydrogen-bond donors (Lipinski definition) is 3. The van der Waals surface area contributed by atoms with E-state index in [0.717, 1.165) is 10.5 Å². The van der Waals surface area contributed by atoms with Crippen molar-refractivity contribution in [2.45, 2.75) is 65.6 Å². The lowest BCUT2D eigenvalue weighted by Crippen LogP contribution is -2.54. The van der Waals surface area contributed by atoms with Crippen molar-refractivity contribution in [1.82, 2.24) is 15.5 Å². The summed E-state index contributed by atoms with van der Waals surface area (Å²) in [6, 6.07) is 4.40. The summed E-state index contributed by atoms with van der Waals surface area (Å²) in [5.41, 5.74) is 1.22. The lowest BCUT2D eigenvalue weighted by Gasteiger charge is -2.33. The number of aliphatic hydroxyl groups excluding tert-OH is 1. The molecule has 2 unspecified atom stereocenters. The molecule has 11 nitrogen and oxygen atoms in total. The summed E-state index contributed by atoms with van der Waals surface area (Å²) in [6.45, 7) is 9.08. The summed E-state index contributed by atoms with van der Waals surface area (Å²) in [7, 11) is 0. The van der Waals surface area contributed by atoms with Gasteiger partial charge in [0, 0.05) is 6.54 Å². The zero-order valence-corrected chi connectivity index (χ0v) is 21.7. The highest BCUT2D eigenvalue weighted by molar-refractivity contribution is 5.92. The van der Waals surface area contributed by atoms with Crippen LogP contribution >= 0.6 is 0 Å². The Morgan fingerprint density at radius 1 is 1.19 bits per heavy atom. The molecular formula is C25H36N4O7. The molecule has 0 aliphatic rings. The monoisotopic (exact) mass is 504 g/mol. The fourth-order valence-electron chi connectivity index (χ4n) is 3.41. The molecule has 1 aromatic rings. The van der Waals surface area contributed by atoms with Crippen LogP contribution in [0.5, 0.6) is 0 Å². The average molecular weight is 505 g/mol. The van der Waals surface area contributed by atoms with Crippen molar-refractivity contribution < 1.29 is 33.8 Å². The van der Waals surface area contributed by atoms with Crippen LogP contribution in [0.25, 0.3) is 0 Å². The third-order valence-electron chi connectivity index (χ3n) is 4.91. The summed E-state index contributed by atoms with van der Waals surface area (Å²) in [5, 5.41) is 24.2. The number of carbonyl (C=O) groups is 4. The molecule has 0 aromatic heterocycles. The number of alkyl carbamates (subject to hydrolysis) is 1. The Labute approximate surface area is 211 Å². The number of rotatable bonds is 11. The normalized spacial score (nSPS) is 12.5. The van der Waals surface area contributed by atoms with Gasteiger partial charge < -0.3 is 30.1 Å². The third-order valence-corrected chi connectivity index (χ3v) is 4.91. The van der Waals surface area contributed by atoms with E-state index < -0.39 is 54.7 Å². The number of nitriles is 1. The number of amides is 3. The molecule has 3 amide bonds. The minimum atomic E-state index is -1.46. The number of aliphatic hydroxyl groups is 1. The maximum Gasteiger partial charge on any atom is 0.408 e. The zero-order valence-electron chi connectivity index (χ0n) is 21.7. The van der Waals surface area contributed by atoms with Crippen LogP contribution in [0.4, 0.5) is 4.79 Å². The molecule has 0 spiro atoms. The molecule has 0 radical (unpaired) electrons. The highest BCUT2D eigenvalue weighted by Crippen LogP contribution is 2.26. The number of esters is 1. The molecular weight excluding hydrogens is 468 g/mol. The quantitative estimate of drug-likeness (QED) is 0.303. The van der Waals surface area contributed by atoms with Gasteiger partial charge in [-0.2, -0.15) is 5.26 Å². The molecule has 11 heteroatoms. The lowest BCUT2D eigenvalue weighted by molar-refractivity contribution is -0.144. The van der Waals surface area contributed by atoms with Crippen molar-refractivity contribution in [3.8, 4) is 6.07 Å². The van der Waals surface area contributed by atoms with Gasteiger partial charge in [-0.1, -0.05) is 23.8 Å². The van der Waals surface area contributed by atoms with Crippen LogP contribution < -0.4 is 10.6 Å². The molecule has 36 heavy (non-hydrogen) atoms. The summed E-state index contributed by atoms with van der Waals surface area (Å²) in [6.07, 6.45) is -1.01. The summed E-state index contributed by atoms with van der Waals surface area (Å²) in [4.78, 5) is 51.6. The van der Waals surface area contributed by atoms with Crippen molar-refractivity contribution in [1.29, 1.82) is 5.26 Å². The first-order chi connectivity index (χ1) is 16.8. The van der Waals surface area contributed by atoms with Gasteiger partial charge in [-0.3, -0.25) is 14.4 Å². The van der Waals surface area contributed by atoms with Crippen molar-refractivity contribution in [2.24, 2.45) is 0 Å². The maximum absolute atomic E-state index is 13.4. The Morgan fingerprint density at radius 3 is 2.39 bits per heavy atom. The second-order valence-electron chi connectivity index (χ2n) is 9.11. The van der Waals surface area contributed by atoms with E-state index in [1.165, 1.54) is 0 Å². The Bertz CT molecular complexity index is 982. The van der Waals surface area contributed by atoms with Gasteiger partial charge in [0.25, 0.3) is 0 Å². The topological polar surface area (TPSA) is 158 Å². The molecule has 0 aliphatic heterocycles. The van der Waals surface area contributed by atoms with Crippen LogP contribution in [0.1, 0.15) is 56.8 Å². The highest BCUT2D eigenvalue weighted by Gasteiger charge is 2.36. The SMILES string of the molecule is CCOC(=O)CCNC(=O)C(c1ccc(C)cc1C)N(CC#N)C(=O)C(CO)NC(=O)OC(C)(C)C. The van der Waals surface area contributed by atoms with Gasteiger partial charge in [-0.05, 0) is 52.7 Å². The fourth-order valence-corrected chi connectivity index (χ4v) is 3.41. The van der Waals surface area contributed by atoms with E-state index in [2.05, 4.69) is 10.6 Å². The van der Waals surface area contributed by atoms with Crippen LogP contribution in [0.15, 0.2) is 18.2 Å². The van der Waals surface area contributed by atoms with Gasteiger partial charge in [0.1, 0.15) is 24.2 Å². The van der Waals surface area contributed by atoms with E-state index >= 15 is 0 Å². The summed E-state index contributed by atoms with van der Waals surface area (Å²) in [5.74, 6) is -1.98. The van der Waals surface area contributed by atoms with E-state index in [9.17, 15) is 29.5 Å². The largest absolute Gasteiger partial charge is 0.466 e. The van der Waals surface area contributed by atoms with Crippen molar-refractivity contribution in [2.75, 3.05) is 26.3 Å². The van der Waals surface area contributed by atoms with Gasteiger partial charge in [-0.15, -0.1) is 0 Å². The summed E-state index contributed by atoms with van der Waals surface area (Å²) < 4.78 is 10.0. The summed E-state index contributed by atoms with van der Waals surface area (Å²) >= 11 is 0. The molecule has 1 rings (SSSR count). The van der Waals surface area contributed by atoms with Gasteiger partial charge in [0.2, 0.25) is 11.8 Å². The van der Waals surface area contributed by atoms with Crippen molar-refractivity contribution >= 4 is 23.9 Å². The number of benzene rings is 1. The van der Waals surface area contributed by atoms with Gasteiger partial charge in [0.05, 0.1) is 25.7 Å². The first kappa shape index (κ1) is 30.4. The number of nitrogens with zero attached hydrogens (tertiary/aromatic N) is 2. The number of aryl methyl sites for hydroxylation is 2. The minimum absolute atomic E-state index is 0.0484. The van der Waals surface area contributed by atoms with Gasteiger partial charge in [0.15, 0.2) is 0 Å². The van der Waals surface area contributed by atoms with Crippen LogP contribution in [-0.4, -0.2) is 71.8 Å². The second kappa shape index (κ2) is 14.0. The number of nitrogens with one attached hydrogen (secondary N) is 2. The molecule has 3 N–H and O–H groups in total. The number of hydrogen-bond acceptors (Lipinski definition) is 8. The molecule has 0 bridgehead atoms. The Kier molecular flexibility index (Phi) is 11.8. The molecule has 1 aromatic carbocycles. The number of ether oxygens (including phenoxy) is 2. The molecule has 0 aliphatic carbocycles. The van der Waals surface area contributed by atoms with E-state index in [0.29, 0.717) is 11.1 Å². The standard InChI is InChI=1S/C25H36N4O7/c1-7-35-20(31)10-12-27-22(32)21(18-9-8-16(2)14-17(18)3)29(13-11-26)23(33)19(15-30)28-24(34)36-25(4,5)6/h8-9,14,19,21,30H,7,10,12-13,15H2,1-6H3,(H,27,32)(H,28,34). The van der Waals surface area contributed by atoms with Gasteiger partial charge in [-0.25, -0.2) is 4.79 Å². The Hall–Kier alpha value is -3.65. The Morgan fingerprint density at radius 2 is 1.86 bits per heavy atom. The minimum Gasteiger partial charge on any atom is -0.466 e. The van der Waals surface area contributed by atoms with Crippen molar-refractivity contribution in [3.63, 3.8) is 0 Å². The van der Waals surface area contributed by atoms with E-state index in [-0.39, 0.29) is 19.6 Å². The van der Waals surface area contributed by atoms with Crippen LogP contribution in [0.3, 0.4) is 0 Å². The van der Waals surface area contributed by atoms with E-state index in [1.807, 2.05) is 19.1 Å². The fraction of sp³-hybridized carbons (Fsp3) is 0.560. The predicted octanol–water partition coefficient (Wildman–Crippen LogP) is 1.65. The zero-order chi connectivity index (χ0) is 27.5. The number of carbonyl (C=O) groups excluding carboxylic acids is 4. The molecule has 0 heterocycles. The second-order valence-corrected chi connectivity index (χ2v) is 9.11. The molecule has 0 saturated carbocycles. The lowest BCUT2D eigenvalue weighted by atomic mass is 9.96. The Balaban J connectivity index is 3.33. The average Bonchev–Trinajstić information content (AvgIpc) is 2.77. The first-order valence-corrected chi connectivity index (χ1v) is 11.6. The smallest absolute Gasteiger partial charge is 0.408 e. The first-order valence-electron chi connectivity index (χ1n) is 11.6. The van der Waals surface area contributed by atoms with Crippen LogP contribution in [-0.2, 0) is 23.9 Å². The predicted molar refractivity (Wildman–Crippen MR) is 130 cm³/mol. The van der Waals surface area contributed by atoms with Crippen LogP contribution in [0.2, 0.25) is 0 Å². The highest BCUT2D eigenvalue weighted by atomic mass is 16.6. The van der Waals surface area contributed by atoms with Crippen molar-refractivity contribution in [3.05, 3.63) is 34.9 Å². The molecule has 2 atom stereocenters. The van der Waals surface area contributed by atoms with E-state index in [1.54, 1.807) is 46.8 Å². The molecule has 0 fully saturated rings. The van der Waals surface area contributed by atoms with Gasteiger partial charge >= 0.3 is 12.1 Å². The van der Waals surface area contributed by atoms with Crippen LogP contribution in [0, 0.1) is 25.2 Å². The molecule has 198 valence electrons. The maximum atomic E-state index is 13.4. The third kappa shape index (κ3) is 9.54. The molecule has 0 saturated heterocycles. The van der Waals surface area contributed by atoms with E-state index in [4.69, 9.17) is 9.47 Å².